The van der Waals surface area contributed by atoms with Crippen molar-refractivity contribution in [3.8, 4) is 0 Å². The zero-order valence-electron chi connectivity index (χ0n) is 13.3. The third kappa shape index (κ3) is 3.39. The Kier molecular flexibility index (Phi) is 4.91. The summed E-state index contributed by atoms with van der Waals surface area (Å²) in [4.78, 5) is 2.11. The SMILES string of the molecule is CCc1ccc(CN(C)c2nnc(C)c(C)c2CN)cc1. The minimum atomic E-state index is 0.483. The molecule has 0 aliphatic heterocycles. The zero-order valence-corrected chi connectivity index (χ0v) is 13.3. The van der Waals surface area contributed by atoms with Gasteiger partial charge in [0.15, 0.2) is 5.82 Å². The lowest BCUT2D eigenvalue weighted by Gasteiger charge is -2.22. The van der Waals surface area contributed by atoms with Crippen molar-refractivity contribution in [3.05, 3.63) is 52.2 Å². The second-order valence-electron chi connectivity index (χ2n) is 5.44. The van der Waals surface area contributed by atoms with Gasteiger partial charge in [-0.05, 0) is 37.0 Å². The molecule has 0 bridgehead atoms. The van der Waals surface area contributed by atoms with Gasteiger partial charge in [-0.15, -0.1) is 5.10 Å². The second-order valence-corrected chi connectivity index (χ2v) is 5.44. The third-order valence-electron chi connectivity index (χ3n) is 3.98. The summed E-state index contributed by atoms with van der Waals surface area (Å²) in [5.41, 5.74) is 11.7. The van der Waals surface area contributed by atoms with Crippen LogP contribution in [-0.2, 0) is 19.5 Å². The van der Waals surface area contributed by atoms with Crippen LogP contribution >= 0.6 is 0 Å². The maximum atomic E-state index is 5.89. The van der Waals surface area contributed by atoms with Crippen LogP contribution < -0.4 is 10.6 Å². The molecule has 0 radical (unpaired) electrons. The van der Waals surface area contributed by atoms with Crippen LogP contribution in [0.25, 0.3) is 0 Å². The molecule has 112 valence electrons. The summed E-state index contributed by atoms with van der Waals surface area (Å²) in [6.07, 6.45) is 1.07. The number of hydrogen-bond donors (Lipinski definition) is 1. The van der Waals surface area contributed by atoms with E-state index in [2.05, 4.69) is 53.2 Å². The first-order valence-corrected chi connectivity index (χ1v) is 7.38. The van der Waals surface area contributed by atoms with Crippen molar-refractivity contribution in [2.45, 2.75) is 40.3 Å². The lowest BCUT2D eigenvalue weighted by Crippen LogP contribution is -2.22. The molecule has 1 aromatic heterocycles. The topological polar surface area (TPSA) is 55.0 Å². The van der Waals surface area contributed by atoms with Crippen molar-refractivity contribution in [2.75, 3.05) is 11.9 Å². The van der Waals surface area contributed by atoms with Gasteiger partial charge in [-0.2, -0.15) is 5.10 Å². The zero-order chi connectivity index (χ0) is 15.4. The molecule has 4 heteroatoms. The lowest BCUT2D eigenvalue weighted by atomic mass is 10.1. The van der Waals surface area contributed by atoms with Gasteiger partial charge in [0.1, 0.15) is 0 Å². The van der Waals surface area contributed by atoms with Gasteiger partial charge in [-0.1, -0.05) is 31.2 Å². The normalized spacial score (nSPS) is 10.7. The third-order valence-corrected chi connectivity index (χ3v) is 3.98. The Labute approximate surface area is 127 Å². The fourth-order valence-corrected chi connectivity index (χ4v) is 2.42. The van der Waals surface area contributed by atoms with Gasteiger partial charge in [0.05, 0.1) is 5.69 Å². The Morgan fingerprint density at radius 3 is 2.24 bits per heavy atom. The molecule has 4 nitrogen and oxygen atoms in total. The smallest absolute Gasteiger partial charge is 0.156 e. The maximum absolute atomic E-state index is 5.89. The van der Waals surface area contributed by atoms with E-state index in [0.717, 1.165) is 35.6 Å². The molecule has 1 heterocycles. The predicted molar refractivity (Wildman–Crippen MR) is 87.3 cm³/mol. The fourth-order valence-electron chi connectivity index (χ4n) is 2.42. The summed E-state index contributed by atoms with van der Waals surface area (Å²) >= 11 is 0. The van der Waals surface area contributed by atoms with Gasteiger partial charge < -0.3 is 10.6 Å². The molecule has 2 rings (SSSR count). The van der Waals surface area contributed by atoms with Gasteiger partial charge in [-0.3, -0.25) is 0 Å². The molecular formula is C17H24N4. The number of anilines is 1. The molecule has 0 fully saturated rings. The molecule has 2 N–H and O–H groups in total. The minimum absolute atomic E-state index is 0.483. The molecule has 0 aliphatic rings. The van der Waals surface area contributed by atoms with Crippen LogP contribution in [-0.4, -0.2) is 17.2 Å². The molecule has 0 saturated carbocycles. The minimum Gasteiger partial charge on any atom is -0.354 e. The van der Waals surface area contributed by atoms with E-state index < -0.39 is 0 Å². The van der Waals surface area contributed by atoms with Crippen molar-refractivity contribution in [3.63, 3.8) is 0 Å². The van der Waals surface area contributed by atoms with Gasteiger partial charge in [0.25, 0.3) is 0 Å². The first kappa shape index (κ1) is 15.4. The Morgan fingerprint density at radius 2 is 1.67 bits per heavy atom. The Hall–Kier alpha value is -1.94. The number of benzene rings is 1. The lowest BCUT2D eigenvalue weighted by molar-refractivity contribution is 0.823. The Morgan fingerprint density at radius 1 is 1.05 bits per heavy atom. The van der Waals surface area contributed by atoms with Gasteiger partial charge >= 0.3 is 0 Å². The van der Waals surface area contributed by atoms with E-state index in [4.69, 9.17) is 5.73 Å². The van der Waals surface area contributed by atoms with Gasteiger partial charge in [0, 0.05) is 25.7 Å². The van der Waals surface area contributed by atoms with E-state index in [1.807, 2.05) is 14.0 Å². The van der Waals surface area contributed by atoms with Gasteiger partial charge in [0.2, 0.25) is 0 Å². The second kappa shape index (κ2) is 6.68. The van der Waals surface area contributed by atoms with Crippen molar-refractivity contribution >= 4 is 5.82 Å². The van der Waals surface area contributed by atoms with E-state index in [0.29, 0.717) is 6.54 Å². The summed E-state index contributed by atoms with van der Waals surface area (Å²) < 4.78 is 0. The summed E-state index contributed by atoms with van der Waals surface area (Å²) in [5.74, 6) is 0.875. The summed E-state index contributed by atoms with van der Waals surface area (Å²) in [6.45, 7) is 7.47. The fraction of sp³-hybridized carbons (Fsp3) is 0.412. The van der Waals surface area contributed by atoms with Crippen LogP contribution in [0.3, 0.4) is 0 Å². The number of nitrogens with two attached hydrogens (primary N) is 1. The average molecular weight is 284 g/mol. The highest BCUT2D eigenvalue weighted by atomic mass is 15.2. The van der Waals surface area contributed by atoms with Crippen LogP contribution in [0.5, 0.6) is 0 Å². The van der Waals surface area contributed by atoms with Gasteiger partial charge in [-0.25, -0.2) is 0 Å². The number of nitrogens with zero attached hydrogens (tertiary/aromatic N) is 3. The summed E-state index contributed by atoms with van der Waals surface area (Å²) in [7, 11) is 2.03. The van der Waals surface area contributed by atoms with Crippen molar-refractivity contribution in [1.82, 2.24) is 10.2 Å². The van der Waals surface area contributed by atoms with E-state index in [1.54, 1.807) is 0 Å². The first-order valence-electron chi connectivity index (χ1n) is 7.38. The largest absolute Gasteiger partial charge is 0.354 e. The highest BCUT2D eigenvalue weighted by Gasteiger charge is 2.13. The Bertz CT molecular complexity index is 605. The van der Waals surface area contributed by atoms with Crippen molar-refractivity contribution < 1.29 is 0 Å². The predicted octanol–water partition coefficient (Wildman–Crippen LogP) is 2.75. The van der Waals surface area contributed by atoms with Crippen LogP contribution in [0.4, 0.5) is 5.82 Å². The number of rotatable bonds is 5. The molecule has 0 saturated heterocycles. The van der Waals surface area contributed by atoms with E-state index >= 15 is 0 Å². The van der Waals surface area contributed by atoms with Crippen LogP contribution in [0.15, 0.2) is 24.3 Å². The molecule has 0 atom stereocenters. The molecule has 21 heavy (non-hydrogen) atoms. The molecule has 0 spiro atoms. The summed E-state index contributed by atoms with van der Waals surface area (Å²) in [6, 6.07) is 8.70. The number of aromatic nitrogens is 2. The van der Waals surface area contributed by atoms with Crippen LogP contribution in [0.2, 0.25) is 0 Å². The highest BCUT2D eigenvalue weighted by molar-refractivity contribution is 5.50. The molecular weight excluding hydrogens is 260 g/mol. The van der Waals surface area contributed by atoms with E-state index in [1.165, 1.54) is 11.1 Å². The number of hydrogen-bond acceptors (Lipinski definition) is 4. The van der Waals surface area contributed by atoms with Crippen LogP contribution in [0, 0.1) is 13.8 Å². The molecule has 0 aliphatic carbocycles. The molecule has 0 amide bonds. The molecule has 0 unspecified atom stereocenters. The van der Waals surface area contributed by atoms with Crippen molar-refractivity contribution in [2.24, 2.45) is 5.73 Å². The highest BCUT2D eigenvalue weighted by Crippen LogP contribution is 2.22. The number of aryl methyl sites for hydroxylation is 2. The van der Waals surface area contributed by atoms with Crippen molar-refractivity contribution in [1.29, 1.82) is 0 Å². The monoisotopic (exact) mass is 284 g/mol. The Balaban J connectivity index is 2.23. The quantitative estimate of drug-likeness (QED) is 0.917. The summed E-state index contributed by atoms with van der Waals surface area (Å²) in [5, 5.41) is 8.57. The molecule has 1 aromatic carbocycles. The first-order chi connectivity index (χ1) is 10.1. The molecule has 2 aromatic rings. The van der Waals surface area contributed by atoms with E-state index in [-0.39, 0.29) is 0 Å². The standard InChI is InChI=1S/C17H24N4/c1-5-14-6-8-15(9-7-14)11-21(4)17-16(10-18)12(2)13(3)19-20-17/h6-9H,5,10-11,18H2,1-4H3. The van der Waals surface area contributed by atoms with Crippen LogP contribution in [0.1, 0.15) is 34.9 Å². The van der Waals surface area contributed by atoms with E-state index in [9.17, 15) is 0 Å². The maximum Gasteiger partial charge on any atom is 0.156 e. The average Bonchev–Trinajstić information content (AvgIpc) is 2.50.